The molecular weight excluding hydrogens is 725 g/mol. The summed E-state index contributed by atoms with van der Waals surface area (Å²) in [5, 5.41) is 5.46. The number of carbonyl (C=O) groups is 5. The number of hydrogen-bond acceptors (Lipinski definition) is 10. The molecule has 0 bridgehead atoms. The van der Waals surface area contributed by atoms with Crippen molar-refractivity contribution in [3.63, 3.8) is 0 Å². The number of likely N-dealkylation sites (tertiary alicyclic amines) is 1. The Labute approximate surface area is 332 Å². The predicted molar refractivity (Wildman–Crippen MR) is 215 cm³/mol. The Balaban J connectivity index is 2.27. The van der Waals surface area contributed by atoms with Gasteiger partial charge in [-0.05, 0) is 62.8 Å². The molecule has 55 heavy (non-hydrogen) atoms. The quantitative estimate of drug-likeness (QED) is 0.138. The largest absolute Gasteiger partial charge is 0.379 e. The number of likely N-dealkylation sites (N-methyl/N-ethyl adjacent to an activating group) is 2. The van der Waals surface area contributed by atoms with Gasteiger partial charge >= 0.3 is 0 Å². The lowest BCUT2D eigenvalue weighted by Gasteiger charge is -2.41. The number of ketones is 2. The van der Waals surface area contributed by atoms with Gasteiger partial charge in [0.1, 0.15) is 5.75 Å². The molecule has 0 aromatic carbocycles. The van der Waals surface area contributed by atoms with Crippen LogP contribution < -0.4 is 10.6 Å². The lowest BCUT2D eigenvalue weighted by molar-refractivity contribution is -0.149. The minimum atomic E-state index is -3.55. The number of methoxy groups -OCH3 is 2. The molecule has 2 rings (SSSR count). The predicted octanol–water partition coefficient (Wildman–Crippen LogP) is 4.06. The van der Waals surface area contributed by atoms with Crippen molar-refractivity contribution in [1.29, 1.82) is 0 Å². The summed E-state index contributed by atoms with van der Waals surface area (Å²) in [4.78, 5) is 72.1. The van der Waals surface area contributed by atoms with Crippen LogP contribution in [0.5, 0.6) is 0 Å². The molecule has 0 aromatic heterocycles. The third-order valence-corrected chi connectivity index (χ3v) is 14.1. The number of sulfone groups is 1. The highest BCUT2D eigenvalue weighted by Crippen LogP contribution is 2.32. The number of Topliss-reactive ketones (excluding diaryl/α,β-unsaturated/α-hetero) is 2. The average molecular weight is 799 g/mol. The van der Waals surface area contributed by atoms with E-state index in [1.165, 1.54) is 7.11 Å². The second kappa shape index (κ2) is 21.9. The van der Waals surface area contributed by atoms with E-state index in [2.05, 4.69) is 10.6 Å². The maximum atomic E-state index is 14.2. The third kappa shape index (κ3) is 13.3. The molecule has 0 radical (unpaired) electrons. The molecule has 13 nitrogen and oxygen atoms in total. The number of nitrogens with one attached hydrogen (secondary N) is 2. The summed E-state index contributed by atoms with van der Waals surface area (Å²) in [5.74, 6) is -3.18. The lowest BCUT2D eigenvalue weighted by Crippen LogP contribution is -2.55. The van der Waals surface area contributed by atoms with Gasteiger partial charge in [0.2, 0.25) is 17.7 Å². The van der Waals surface area contributed by atoms with E-state index in [1.54, 1.807) is 37.9 Å². The molecule has 3 amide bonds. The second-order valence-electron chi connectivity index (χ2n) is 17.3. The summed E-state index contributed by atoms with van der Waals surface area (Å²) in [6.45, 7) is 17.9. The third-order valence-electron chi connectivity index (χ3n) is 11.9. The first-order valence-corrected chi connectivity index (χ1v) is 22.2. The zero-order chi connectivity index (χ0) is 41.9. The van der Waals surface area contributed by atoms with Gasteiger partial charge in [-0.3, -0.25) is 24.0 Å². The van der Waals surface area contributed by atoms with Crippen LogP contribution in [0.4, 0.5) is 0 Å². The SMILES string of the molecule is CC[C@H](C)[C@@H]([C@@H](CC(=O)N1CCCC1[C@H](OC)[C@@H](C)C(=O)N[C@@H](CC(C)C)C(=O)CS(=O)(=O)C1CC1)OC)N(C)C(=O)[C@@H](CC(=O)[C@@H](NC)C(C)C)C(C)C. The molecule has 1 aliphatic heterocycles. The van der Waals surface area contributed by atoms with E-state index in [1.807, 2.05) is 55.4 Å². The first-order chi connectivity index (χ1) is 25.7. The molecule has 1 aliphatic carbocycles. The van der Waals surface area contributed by atoms with Gasteiger partial charge in [-0.15, -0.1) is 0 Å². The topological polar surface area (TPSA) is 168 Å². The Bertz CT molecular complexity index is 1400. The highest BCUT2D eigenvalue weighted by atomic mass is 32.2. The average Bonchev–Trinajstić information content (AvgIpc) is 3.88. The van der Waals surface area contributed by atoms with E-state index >= 15 is 0 Å². The smallest absolute Gasteiger partial charge is 0.226 e. The molecule has 318 valence electrons. The van der Waals surface area contributed by atoms with Crippen LogP contribution in [-0.2, 0) is 43.3 Å². The van der Waals surface area contributed by atoms with Gasteiger partial charge in [0.05, 0.1) is 54.0 Å². The fourth-order valence-electron chi connectivity index (χ4n) is 8.28. The summed E-state index contributed by atoms with van der Waals surface area (Å²) in [7, 11) is 3.00. The Kier molecular flexibility index (Phi) is 19.4. The molecule has 1 saturated carbocycles. The minimum absolute atomic E-state index is 0.00246. The summed E-state index contributed by atoms with van der Waals surface area (Å²) >= 11 is 0. The molecule has 1 unspecified atom stereocenters. The number of nitrogens with zero attached hydrogens (tertiary/aromatic N) is 2. The molecule has 9 atom stereocenters. The van der Waals surface area contributed by atoms with Crippen molar-refractivity contribution >= 4 is 39.1 Å². The first kappa shape index (κ1) is 48.7. The molecule has 0 spiro atoms. The molecule has 2 N–H and O–H groups in total. The van der Waals surface area contributed by atoms with E-state index in [-0.39, 0.29) is 60.2 Å². The number of ether oxygens (including phenoxy) is 2. The Morgan fingerprint density at radius 3 is 1.96 bits per heavy atom. The van der Waals surface area contributed by atoms with Crippen molar-refractivity contribution in [3.8, 4) is 0 Å². The van der Waals surface area contributed by atoms with Crippen LogP contribution in [0.2, 0.25) is 0 Å². The van der Waals surface area contributed by atoms with Gasteiger partial charge in [0.15, 0.2) is 21.4 Å². The Hall–Kier alpha value is -2.42. The monoisotopic (exact) mass is 799 g/mol. The standard InChI is InChI=1S/C41H74N4O9S/c1-14-27(8)38(44(11)41(50)30(25(4)5)21-33(46)37(42-10)26(6)7)35(53-12)22-36(48)45-19-15-16-32(45)39(54-13)28(9)40(49)43-31(20-24(2)3)34(47)23-55(51,52)29-17-18-29/h24-32,35,37-39,42H,14-23H2,1-13H3,(H,43,49)/t27-,28+,30-,31-,32?,35+,37-,38-,39+/m0/s1. The number of carbonyl (C=O) groups excluding carboxylic acids is 5. The van der Waals surface area contributed by atoms with Crippen LogP contribution in [-0.4, -0.2) is 130 Å². The lowest BCUT2D eigenvalue weighted by atomic mass is 9.84. The fourth-order valence-corrected chi connectivity index (χ4v) is 9.96. The summed E-state index contributed by atoms with van der Waals surface area (Å²) in [6.07, 6.45) is 2.25. The molecule has 0 aromatic rings. The van der Waals surface area contributed by atoms with E-state index in [9.17, 15) is 32.4 Å². The maximum absolute atomic E-state index is 14.2. The van der Waals surface area contributed by atoms with Crippen molar-refractivity contribution < 1.29 is 41.9 Å². The van der Waals surface area contributed by atoms with E-state index in [0.29, 0.717) is 38.6 Å². The van der Waals surface area contributed by atoms with Gasteiger partial charge in [-0.2, -0.15) is 0 Å². The molecule has 1 heterocycles. The van der Waals surface area contributed by atoms with E-state index in [0.717, 1.165) is 6.42 Å². The summed E-state index contributed by atoms with van der Waals surface area (Å²) in [5.41, 5.74) is 0. The van der Waals surface area contributed by atoms with Gasteiger partial charge < -0.3 is 29.9 Å². The highest BCUT2D eigenvalue weighted by molar-refractivity contribution is 7.93. The van der Waals surface area contributed by atoms with Crippen LogP contribution in [0.15, 0.2) is 0 Å². The number of hydrogen-bond donors (Lipinski definition) is 2. The maximum Gasteiger partial charge on any atom is 0.226 e. The molecule has 2 aliphatic rings. The van der Waals surface area contributed by atoms with Crippen LogP contribution in [0.1, 0.15) is 114 Å². The Morgan fingerprint density at radius 1 is 0.873 bits per heavy atom. The normalized spacial score (nSPS) is 20.8. The van der Waals surface area contributed by atoms with Crippen LogP contribution >= 0.6 is 0 Å². The van der Waals surface area contributed by atoms with Gasteiger partial charge in [0.25, 0.3) is 0 Å². The summed E-state index contributed by atoms with van der Waals surface area (Å²) in [6, 6.07) is -2.18. The van der Waals surface area contributed by atoms with Crippen molar-refractivity contribution in [2.45, 2.75) is 155 Å². The number of amides is 3. The minimum Gasteiger partial charge on any atom is -0.379 e. The van der Waals surface area contributed by atoms with Crippen molar-refractivity contribution in [2.24, 2.45) is 35.5 Å². The van der Waals surface area contributed by atoms with Crippen molar-refractivity contribution in [3.05, 3.63) is 0 Å². The number of rotatable bonds is 25. The van der Waals surface area contributed by atoms with Crippen molar-refractivity contribution in [1.82, 2.24) is 20.4 Å². The van der Waals surface area contributed by atoms with Crippen LogP contribution in [0, 0.1) is 35.5 Å². The van der Waals surface area contributed by atoms with Crippen LogP contribution in [0.25, 0.3) is 0 Å². The van der Waals surface area contributed by atoms with E-state index in [4.69, 9.17) is 9.47 Å². The van der Waals surface area contributed by atoms with Gasteiger partial charge in [-0.1, -0.05) is 68.7 Å². The Morgan fingerprint density at radius 2 is 1.49 bits per heavy atom. The summed E-state index contributed by atoms with van der Waals surface area (Å²) < 4.78 is 37.2. The second-order valence-corrected chi connectivity index (χ2v) is 19.6. The molecule has 2 fully saturated rings. The molecule has 1 saturated heterocycles. The fraction of sp³-hybridized carbons (Fsp3) is 0.878. The molecular formula is C41H74N4O9S. The highest BCUT2D eigenvalue weighted by Gasteiger charge is 2.44. The van der Waals surface area contributed by atoms with Gasteiger partial charge in [0, 0.05) is 40.2 Å². The zero-order valence-electron chi connectivity index (χ0n) is 36.1. The van der Waals surface area contributed by atoms with Crippen LogP contribution in [0.3, 0.4) is 0 Å². The zero-order valence-corrected chi connectivity index (χ0v) is 36.9. The molecule has 14 heteroatoms. The van der Waals surface area contributed by atoms with Crippen molar-refractivity contribution in [2.75, 3.05) is 40.6 Å². The first-order valence-electron chi connectivity index (χ1n) is 20.5. The van der Waals surface area contributed by atoms with E-state index < -0.39 is 74.7 Å². The van der Waals surface area contributed by atoms with Gasteiger partial charge in [-0.25, -0.2) is 8.42 Å².